The molecule has 0 aliphatic carbocycles. The van der Waals surface area contributed by atoms with Crippen molar-refractivity contribution >= 4 is 35.5 Å². The Hall–Kier alpha value is -1.17. The van der Waals surface area contributed by atoms with Crippen LogP contribution in [0.1, 0.15) is 23.3 Å². The summed E-state index contributed by atoms with van der Waals surface area (Å²) in [5, 5.41) is 22.2. The Balaban J connectivity index is 0.00000220. The smallest absolute Gasteiger partial charge is 0.317 e. The molecule has 105 valence electrons. The van der Waals surface area contributed by atoms with Crippen LogP contribution in [0.2, 0.25) is 0 Å². The van der Waals surface area contributed by atoms with Gasteiger partial charge in [-0.2, -0.15) is 0 Å². The standard InChI is InChI=1S/C16H17NO3.Na/c18-14(19)11-17-15(12-7-3-1-4-8-12)16(20)13-9-5-2-6-10-13;/h1-10,15-17,20H,11H2,(H,18,19);/t15-,16+;/m0./s1. The SMILES string of the molecule is O=C(O)CN[C@@H](c1ccccc1)[C@H](O)c1ccccc1.[Na]. The zero-order chi connectivity index (χ0) is 14.4. The fourth-order valence-electron chi connectivity index (χ4n) is 2.11. The van der Waals surface area contributed by atoms with Crippen LogP contribution in [-0.4, -0.2) is 52.3 Å². The Morgan fingerprint density at radius 2 is 1.43 bits per heavy atom. The second-order valence-corrected chi connectivity index (χ2v) is 4.52. The van der Waals surface area contributed by atoms with Crippen molar-refractivity contribution < 1.29 is 15.0 Å². The van der Waals surface area contributed by atoms with E-state index >= 15 is 0 Å². The minimum Gasteiger partial charge on any atom is -0.480 e. The van der Waals surface area contributed by atoms with Gasteiger partial charge in [0.1, 0.15) is 0 Å². The molecule has 3 N–H and O–H groups in total. The molecule has 0 aliphatic rings. The van der Waals surface area contributed by atoms with Gasteiger partial charge >= 0.3 is 5.97 Å². The van der Waals surface area contributed by atoms with Crippen LogP contribution in [0.5, 0.6) is 0 Å². The third-order valence-corrected chi connectivity index (χ3v) is 3.09. The third-order valence-electron chi connectivity index (χ3n) is 3.09. The number of aliphatic hydroxyl groups excluding tert-OH is 1. The van der Waals surface area contributed by atoms with Gasteiger partial charge in [-0.05, 0) is 11.1 Å². The first-order valence-electron chi connectivity index (χ1n) is 6.41. The Kier molecular flexibility index (Phi) is 7.64. The van der Waals surface area contributed by atoms with Gasteiger partial charge in [-0.3, -0.25) is 10.1 Å². The minimum atomic E-state index is -0.953. The van der Waals surface area contributed by atoms with Crippen molar-refractivity contribution in [2.45, 2.75) is 12.1 Å². The Bertz CT molecular complexity index is 548. The fraction of sp³-hybridized carbons (Fsp3) is 0.188. The molecule has 21 heavy (non-hydrogen) atoms. The molecule has 0 bridgehead atoms. The molecule has 0 heterocycles. The summed E-state index contributed by atoms with van der Waals surface area (Å²) in [6.07, 6.45) is -0.807. The summed E-state index contributed by atoms with van der Waals surface area (Å²) in [7, 11) is 0. The van der Waals surface area contributed by atoms with E-state index in [0.29, 0.717) is 0 Å². The fourth-order valence-corrected chi connectivity index (χ4v) is 2.11. The van der Waals surface area contributed by atoms with E-state index in [-0.39, 0.29) is 36.1 Å². The first-order valence-corrected chi connectivity index (χ1v) is 6.41. The number of hydrogen-bond acceptors (Lipinski definition) is 3. The van der Waals surface area contributed by atoms with Gasteiger partial charge in [-0.25, -0.2) is 0 Å². The number of rotatable bonds is 6. The molecule has 5 heteroatoms. The number of carbonyl (C=O) groups is 1. The van der Waals surface area contributed by atoms with Crippen LogP contribution in [0.15, 0.2) is 60.7 Å². The van der Waals surface area contributed by atoms with Crippen molar-refractivity contribution in [1.29, 1.82) is 0 Å². The number of benzene rings is 2. The van der Waals surface area contributed by atoms with Crippen LogP contribution < -0.4 is 5.32 Å². The average molecular weight is 294 g/mol. The molecular weight excluding hydrogens is 277 g/mol. The van der Waals surface area contributed by atoms with Crippen LogP contribution in [0, 0.1) is 0 Å². The van der Waals surface area contributed by atoms with Gasteiger partial charge in [0.15, 0.2) is 0 Å². The van der Waals surface area contributed by atoms with Gasteiger partial charge < -0.3 is 10.2 Å². The van der Waals surface area contributed by atoms with Gasteiger partial charge in [-0.1, -0.05) is 60.7 Å². The number of aliphatic carboxylic acids is 1. The molecule has 0 saturated heterocycles. The van der Waals surface area contributed by atoms with Crippen molar-refractivity contribution in [3.05, 3.63) is 71.8 Å². The van der Waals surface area contributed by atoms with Gasteiger partial charge in [0.25, 0.3) is 0 Å². The van der Waals surface area contributed by atoms with E-state index in [1.807, 2.05) is 60.7 Å². The summed E-state index contributed by atoms with van der Waals surface area (Å²) in [6.45, 7) is -0.205. The van der Waals surface area contributed by atoms with Crippen LogP contribution in [-0.2, 0) is 4.79 Å². The normalized spacial score (nSPS) is 13.0. The maximum atomic E-state index is 10.8. The van der Waals surface area contributed by atoms with Crippen LogP contribution in [0.25, 0.3) is 0 Å². The first kappa shape index (κ1) is 17.9. The first-order chi connectivity index (χ1) is 9.68. The van der Waals surface area contributed by atoms with Gasteiger partial charge in [0.05, 0.1) is 18.7 Å². The number of carboxylic acids is 1. The Morgan fingerprint density at radius 3 is 1.90 bits per heavy atom. The molecule has 0 aliphatic heterocycles. The Morgan fingerprint density at radius 1 is 0.952 bits per heavy atom. The number of nitrogens with one attached hydrogen (secondary N) is 1. The molecule has 1 radical (unpaired) electrons. The Labute approximate surface area is 146 Å². The van der Waals surface area contributed by atoms with E-state index in [0.717, 1.165) is 11.1 Å². The van der Waals surface area contributed by atoms with Crippen LogP contribution >= 0.6 is 0 Å². The molecule has 0 saturated carbocycles. The molecule has 0 spiro atoms. The van der Waals surface area contributed by atoms with Crippen molar-refractivity contribution in [3.8, 4) is 0 Å². The van der Waals surface area contributed by atoms with E-state index in [4.69, 9.17) is 5.11 Å². The van der Waals surface area contributed by atoms with Crippen molar-refractivity contribution in [3.63, 3.8) is 0 Å². The monoisotopic (exact) mass is 294 g/mol. The zero-order valence-corrected chi connectivity index (χ0v) is 13.9. The van der Waals surface area contributed by atoms with E-state index in [1.54, 1.807) is 0 Å². The molecule has 0 aromatic heterocycles. The number of carboxylic acid groups (broad SMARTS) is 1. The number of aliphatic hydroxyl groups is 1. The van der Waals surface area contributed by atoms with E-state index in [2.05, 4.69) is 5.32 Å². The quantitative estimate of drug-likeness (QED) is 0.710. The molecule has 0 unspecified atom stereocenters. The predicted octanol–water partition coefficient (Wildman–Crippen LogP) is 1.75. The molecular formula is C16H17NNaO3. The summed E-state index contributed by atoms with van der Waals surface area (Å²) in [5.74, 6) is -0.953. The molecule has 2 aromatic carbocycles. The summed E-state index contributed by atoms with van der Waals surface area (Å²) >= 11 is 0. The van der Waals surface area contributed by atoms with E-state index < -0.39 is 18.1 Å². The van der Waals surface area contributed by atoms with Crippen molar-refractivity contribution in [2.75, 3.05) is 6.54 Å². The topological polar surface area (TPSA) is 69.6 Å². The van der Waals surface area contributed by atoms with E-state index in [9.17, 15) is 9.90 Å². The molecule has 0 amide bonds. The van der Waals surface area contributed by atoms with Gasteiger partial charge in [0, 0.05) is 29.6 Å². The second-order valence-electron chi connectivity index (χ2n) is 4.52. The molecule has 0 fully saturated rings. The largest absolute Gasteiger partial charge is 0.480 e. The third kappa shape index (κ3) is 5.26. The minimum absolute atomic E-state index is 0. The molecule has 2 aromatic rings. The van der Waals surface area contributed by atoms with Gasteiger partial charge in [-0.15, -0.1) is 0 Å². The predicted molar refractivity (Wildman–Crippen MR) is 82.0 cm³/mol. The second kappa shape index (κ2) is 8.97. The summed E-state index contributed by atoms with van der Waals surface area (Å²) in [5.41, 5.74) is 1.60. The van der Waals surface area contributed by atoms with Crippen LogP contribution in [0.3, 0.4) is 0 Å². The maximum absolute atomic E-state index is 10.8. The number of hydrogen-bond donors (Lipinski definition) is 3. The summed E-state index contributed by atoms with van der Waals surface area (Å²) in [6, 6.07) is 18.1. The molecule has 2 rings (SSSR count). The zero-order valence-electron chi connectivity index (χ0n) is 11.9. The van der Waals surface area contributed by atoms with Gasteiger partial charge in [0.2, 0.25) is 0 Å². The summed E-state index contributed by atoms with van der Waals surface area (Å²) in [4.78, 5) is 10.8. The van der Waals surface area contributed by atoms with Crippen LogP contribution in [0.4, 0.5) is 0 Å². The summed E-state index contributed by atoms with van der Waals surface area (Å²) < 4.78 is 0. The molecule has 2 atom stereocenters. The maximum Gasteiger partial charge on any atom is 0.317 e. The van der Waals surface area contributed by atoms with Crippen molar-refractivity contribution in [1.82, 2.24) is 5.32 Å². The van der Waals surface area contributed by atoms with E-state index in [1.165, 1.54) is 0 Å². The van der Waals surface area contributed by atoms with Crippen molar-refractivity contribution in [2.24, 2.45) is 0 Å². The molecule has 4 nitrogen and oxygen atoms in total. The average Bonchev–Trinajstić information content (AvgIpc) is 2.49.